The highest BCUT2D eigenvalue weighted by atomic mass is 16.2. The van der Waals surface area contributed by atoms with Crippen LogP contribution in [0.2, 0.25) is 0 Å². The van der Waals surface area contributed by atoms with Crippen LogP contribution in [0.4, 0.5) is 0 Å². The summed E-state index contributed by atoms with van der Waals surface area (Å²) in [5, 5.41) is 11.0. The molecular weight excluding hydrogens is 242 g/mol. The third-order valence-electron chi connectivity index (χ3n) is 3.71. The van der Waals surface area contributed by atoms with E-state index in [1.165, 1.54) is 0 Å². The Morgan fingerprint density at radius 1 is 1.32 bits per heavy atom. The first-order chi connectivity index (χ1) is 9.24. The van der Waals surface area contributed by atoms with E-state index in [1.807, 2.05) is 0 Å². The summed E-state index contributed by atoms with van der Waals surface area (Å²) in [6.45, 7) is 0. The van der Waals surface area contributed by atoms with E-state index in [9.17, 15) is 4.79 Å². The molecule has 0 radical (unpaired) electrons. The SMILES string of the molecule is NC1CCCC(NC2=C3N=CC=CC3C(=O)N=N2)C1. The summed E-state index contributed by atoms with van der Waals surface area (Å²) in [4.78, 5) is 15.9. The molecule has 3 aliphatic rings. The second-order valence-corrected chi connectivity index (χ2v) is 5.18. The predicted octanol–water partition coefficient (Wildman–Crippen LogP) is 1.26. The number of rotatable bonds is 2. The van der Waals surface area contributed by atoms with Gasteiger partial charge in [0.15, 0.2) is 5.82 Å². The van der Waals surface area contributed by atoms with Gasteiger partial charge in [-0.25, -0.2) is 0 Å². The number of fused-ring (bicyclic) bond motifs is 1. The molecule has 3 rings (SSSR count). The van der Waals surface area contributed by atoms with Gasteiger partial charge in [0.1, 0.15) is 11.6 Å². The summed E-state index contributed by atoms with van der Waals surface area (Å²) in [6.07, 6.45) is 9.42. The molecule has 19 heavy (non-hydrogen) atoms. The van der Waals surface area contributed by atoms with Gasteiger partial charge in [-0.05, 0) is 31.8 Å². The highest BCUT2D eigenvalue weighted by molar-refractivity contribution is 5.88. The molecule has 0 bridgehead atoms. The average Bonchev–Trinajstić information content (AvgIpc) is 2.42. The lowest BCUT2D eigenvalue weighted by atomic mass is 9.91. The smallest absolute Gasteiger partial charge is 0.277 e. The van der Waals surface area contributed by atoms with Crippen molar-refractivity contribution in [3.05, 3.63) is 23.7 Å². The fourth-order valence-electron chi connectivity index (χ4n) is 2.73. The Morgan fingerprint density at radius 2 is 2.21 bits per heavy atom. The Labute approximate surface area is 111 Å². The minimum atomic E-state index is -0.387. The zero-order valence-electron chi connectivity index (χ0n) is 10.6. The number of hydrogen-bond acceptors (Lipinski definition) is 5. The molecule has 100 valence electrons. The molecule has 0 saturated heterocycles. The van der Waals surface area contributed by atoms with Crippen LogP contribution in [0, 0.1) is 5.92 Å². The largest absolute Gasteiger partial charge is 0.364 e. The van der Waals surface area contributed by atoms with E-state index < -0.39 is 0 Å². The second kappa shape index (κ2) is 5.05. The van der Waals surface area contributed by atoms with Gasteiger partial charge in [0.25, 0.3) is 5.91 Å². The highest BCUT2D eigenvalue weighted by Crippen LogP contribution is 2.28. The fourth-order valence-corrected chi connectivity index (χ4v) is 2.73. The first-order valence-electron chi connectivity index (χ1n) is 6.67. The number of nitrogens with two attached hydrogens (primary N) is 1. The maximum Gasteiger partial charge on any atom is 0.277 e. The van der Waals surface area contributed by atoms with E-state index in [0.717, 1.165) is 25.7 Å². The molecule has 3 N–H and O–H groups in total. The lowest BCUT2D eigenvalue weighted by Gasteiger charge is -2.29. The third-order valence-corrected chi connectivity index (χ3v) is 3.71. The van der Waals surface area contributed by atoms with Crippen LogP contribution in [0.5, 0.6) is 0 Å². The number of azo groups is 1. The Balaban J connectivity index is 1.79. The minimum Gasteiger partial charge on any atom is -0.364 e. The van der Waals surface area contributed by atoms with Gasteiger partial charge in [0, 0.05) is 18.3 Å². The molecule has 3 unspecified atom stereocenters. The summed E-state index contributed by atoms with van der Waals surface area (Å²) < 4.78 is 0. The van der Waals surface area contributed by atoms with Gasteiger partial charge in [-0.2, -0.15) is 0 Å². The second-order valence-electron chi connectivity index (χ2n) is 5.18. The van der Waals surface area contributed by atoms with Gasteiger partial charge in [0.2, 0.25) is 0 Å². The maximum absolute atomic E-state index is 11.7. The van der Waals surface area contributed by atoms with Crippen LogP contribution in [0.25, 0.3) is 0 Å². The van der Waals surface area contributed by atoms with E-state index in [-0.39, 0.29) is 17.9 Å². The van der Waals surface area contributed by atoms with Crippen molar-refractivity contribution in [3.63, 3.8) is 0 Å². The molecule has 1 saturated carbocycles. The lowest BCUT2D eigenvalue weighted by Crippen LogP contribution is -2.39. The summed E-state index contributed by atoms with van der Waals surface area (Å²) in [5.74, 6) is -0.0273. The normalized spacial score (nSPS) is 33.5. The molecule has 0 aromatic heterocycles. The van der Waals surface area contributed by atoms with E-state index in [1.54, 1.807) is 18.4 Å². The Hall–Kier alpha value is -1.82. The van der Waals surface area contributed by atoms with Crippen molar-refractivity contribution >= 4 is 12.1 Å². The molecule has 2 heterocycles. The van der Waals surface area contributed by atoms with Crippen LogP contribution in [-0.4, -0.2) is 24.2 Å². The standard InChI is InChI=1S/C13H17N5O/c14-8-3-1-4-9(7-8)16-12-11-10(5-2-6-15-11)13(19)18-17-12/h2,5-6,8-10,16H,1,3-4,7,14H2. The van der Waals surface area contributed by atoms with Crippen LogP contribution < -0.4 is 11.1 Å². The first-order valence-corrected chi connectivity index (χ1v) is 6.67. The molecule has 0 spiro atoms. The average molecular weight is 259 g/mol. The predicted molar refractivity (Wildman–Crippen MR) is 71.4 cm³/mol. The number of nitrogens with zero attached hydrogens (tertiary/aromatic N) is 3. The summed E-state index contributed by atoms with van der Waals surface area (Å²) in [7, 11) is 0. The van der Waals surface area contributed by atoms with Crippen molar-refractivity contribution in [2.24, 2.45) is 26.9 Å². The number of nitrogens with one attached hydrogen (secondary N) is 1. The van der Waals surface area contributed by atoms with Gasteiger partial charge >= 0.3 is 0 Å². The maximum atomic E-state index is 11.7. The summed E-state index contributed by atoms with van der Waals surface area (Å²) in [6, 6.07) is 0.532. The van der Waals surface area contributed by atoms with E-state index in [0.29, 0.717) is 17.6 Å². The zero-order valence-corrected chi connectivity index (χ0v) is 10.6. The van der Waals surface area contributed by atoms with Crippen molar-refractivity contribution in [3.8, 4) is 0 Å². The topological polar surface area (TPSA) is 92.2 Å². The number of dihydropyridines is 1. The molecule has 6 heteroatoms. The van der Waals surface area contributed by atoms with Crippen molar-refractivity contribution in [2.75, 3.05) is 0 Å². The van der Waals surface area contributed by atoms with E-state index in [2.05, 4.69) is 20.5 Å². The molecule has 3 atom stereocenters. The Bertz CT molecular complexity index is 505. The van der Waals surface area contributed by atoms with Crippen LogP contribution >= 0.6 is 0 Å². The van der Waals surface area contributed by atoms with Crippen LogP contribution in [-0.2, 0) is 4.79 Å². The first kappa shape index (κ1) is 12.2. The highest BCUT2D eigenvalue weighted by Gasteiger charge is 2.30. The number of carbonyl (C=O) groups excluding carboxylic acids is 1. The van der Waals surface area contributed by atoms with Gasteiger partial charge in [-0.3, -0.25) is 9.79 Å². The minimum absolute atomic E-state index is 0.240. The Morgan fingerprint density at radius 3 is 3.05 bits per heavy atom. The number of hydrogen-bond donors (Lipinski definition) is 2. The number of aliphatic imine (C=N–C) groups is 1. The van der Waals surface area contributed by atoms with Crippen LogP contribution in [0.15, 0.2) is 38.9 Å². The van der Waals surface area contributed by atoms with Crippen molar-refractivity contribution in [2.45, 2.75) is 37.8 Å². The van der Waals surface area contributed by atoms with Gasteiger partial charge in [-0.1, -0.05) is 6.08 Å². The molecular formula is C13H17N5O. The molecule has 2 aliphatic heterocycles. The number of amides is 1. The Kier molecular flexibility index (Phi) is 3.25. The quantitative estimate of drug-likeness (QED) is 0.782. The summed E-state index contributed by atoms with van der Waals surface area (Å²) in [5.41, 5.74) is 6.65. The van der Waals surface area contributed by atoms with Crippen LogP contribution in [0.1, 0.15) is 25.7 Å². The van der Waals surface area contributed by atoms with E-state index >= 15 is 0 Å². The zero-order chi connectivity index (χ0) is 13.2. The fraction of sp³-hybridized carbons (Fsp3) is 0.538. The monoisotopic (exact) mass is 259 g/mol. The van der Waals surface area contributed by atoms with Crippen LogP contribution in [0.3, 0.4) is 0 Å². The lowest BCUT2D eigenvalue weighted by molar-refractivity contribution is -0.120. The molecule has 1 aliphatic carbocycles. The van der Waals surface area contributed by atoms with Gasteiger partial charge in [-0.15, -0.1) is 10.2 Å². The molecule has 1 amide bonds. The molecule has 1 fully saturated rings. The van der Waals surface area contributed by atoms with E-state index in [4.69, 9.17) is 5.73 Å². The van der Waals surface area contributed by atoms with Crippen molar-refractivity contribution < 1.29 is 4.79 Å². The number of allylic oxidation sites excluding steroid dienone is 1. The molecule has 0 aromatic rings. The van der Waals surface area contributed by atoms with Crippen molar-refractivity contribution in [1.29, 1.82) is 0 Å². The molecule has 0 aromatic carbocycles. The molecule has 6 nitrogen and oxygen atoms in total. The van der Waals surface area contributed by atoms with Gasteiger partial charge in [0.05, 0.1) is 0 Å². The number of carbonyl (C=O) groups is 1. The van der Waals surface area contributed by atoms with Gasteiger partial charge < -0.3 is 11.1 Å². The third kappa shape index (κ3) is 2.49. The summed E-state index contributed by atoms with van der Waals surface area (Å²) >= 11 is 0. The van der Waals surface area contributed by atoms with Crippen molar-refractivity contribution in [1.82, 2.24) is 5.32 Å².